The van der Waals surface area contributed by atoms with E-state index in [1.807, 2.05) is 17.9 Å². The van der Waals surface area contributed by atoms with E-state index in [-0.39, 0.29) is 0 Å². The summed E-state index contributed by atoms with van der Waals surface area (Å²) in [6.07, 6.45) is 5.10. The standard InChI is InChI=1S/C10H18N4/c1-7-3-9(11)5-12-10(7)8-4-13-14(2)6-8/h4,6-7,9-10,12H,3,5,11H2,1-2H3. The molecule has 14 heavy (non-hydrogen) atoms. The minimum atomic E-state index is 0.304. The maximum Gasteiger partial charge on any atom is 0.0537 e. The van der Waals surface area contributed by atoms with Gasteiger partial charge in [0.25, 0.3) is 0 Å². The molecule has 3 unspecified atom stereocenters. The fraction of sp³-hybridized carbons (Fsp3) is 0.700. The van der Waals surface area contributed by atoms with Crippen LogP contribution in [0.1, 0.15) is 24.9 Å². The molecule has 1 fully saturated rings. The molecule has 1 aliphatic heterocycles. The fourth-order valence-corrected chi connectivity index (χ4v) is 2.22. The third-order valence-electron chi connectivity index (χ3n) is 2.93. The van der Waals surface area contributed by atoms with Crippen LogP contribution in [-0.2, 0) is 7.05 Å². The third-order valence-corrected chi connectivity index (χ3v) is 2.93. The van der Waals surface area contributed by atoms with Crippen molar-refractivity contribution in [2.75, 3.05) is 6.54 Å². The van der Waals surface area contributed by atoms with Gasteiger partial charge in [-0.2, -0.15) is 5.10 Å². The van der Waals surface area contributed by atoms with E-state index < -0.39 is 0 Å². The van der Waals surface area contributed by atoms with Crippen molar-refractivity contribution >= 4 is 0 Å². The predicted octanol–water partition coefficient (Wildman–Crippen LogP) is 0.418. The summed E-state index contributed by atoms with van der Waals surface area (Å²) in [6, 6.07) is 0.724. The van der Waals surface area contributed by atoms with Gasteiger partial charge in [-0.3, -0.25) is 4.68 Å². The molecule has 2 rings (SSSR count). The van der Waals surface area contributed by atoms with Crippen LogP contribution < -0.4 is 11.1 Å². The molecule has 3 atom stereocenters. The highest BCUT2D eigenvalue weighted by molar-refractivity contribution is 5.12. The Bertz CT molecular complexity index is 307. The third kappa shape index (κ3) is 1.81. The van der Waals surface area contributed by atoms with Crippen LogP contribution in [0.3, 0.4) is 0 Å². The van der Waals surface area contributed by atoms with Crippen LogP contribution in [0.4, 0.5) is 0 Å². The number of aromatic nitrogens is 2. The fourth-order valence-electron chi connectivity index (χ4n) is 2.22. The number of nitrogens with zero attached hydrogens (tertiary/aromatic N) is 2. The van der Waals surface area contributed by atoms with E-state index >= 15 is 0 Å². The minimum absolute atomic E-state index is 0.304. The summed E-state index contributed by atoms with van der Waals surface area (Å²) in [5, 5.41) is 7.66. The molecule has 78 valence electrons. The second-order valence-electron chi connectivity index (χ2n) is 4.31. The van der Waals surface area contributed by atoms with Crippen molar-refractivity contribution in [3.63, 3.8) is 0 Å². The number of aryl methyl sites for hydroxylation is 1. The van der Waals surface area contributed by atoms with Crippen LogP contribution in [0.25, 0.3) is 0 Å². The SMILES string of the molecule is CC1CC(N)CNC1c1cnn(C)c1. The first-order valence-electron chi connectivity index (χ1n) is 5.14. The smallest absolute Gasteiger partial charge is 0.0537 e. The first kappa shape index (κ1) is 9.68. The van der Waals surface area contributed by atoms with Crippen LogP contribution in [0.5, 0.6) is 0 Å². The highest BCUT2D eigenvalue weighted by atomic mass is 15.2. The van der Waals surface area contributed by atoms with Crippen LogP contribution in [0, 0.1) is 5.92 Å². The van der Waals surface area contributed by atoms with E-state index in [1.165, 1.54) is 5.56 Å². The van der Waals surface area contributed by atoms with Gasteiger partial charge in [-0.1, -0.05) is 6.92 Å². The lowest BCUT2D eigenvalue weighted by atomic mass is 9.87. The van der Waals surface area contributed by atoms with E-state index in [9.17, 15) is 0 Å². The zero-order valence-corrected chi connectivity index (χ0v) is 8.77. The second kappa shape index (κ2) is 3.71. The maximum atomic E-state index is 5.89. The Morgan fingerprint density at radius 1 is 1.64 bits per heavy atom. The number of nitrogens with two attached hydrogens (primary N) is 1. The Kier molecular flexibility index (Phi) is 2.56. The van der Waals surface area contributed by atoms with E-state index in [1.54, 1.807) is 0 Å². The first-order valence-corrected chi connectivity index (χ1v) is 5.14. The van der Waals surface area contributed by atoms with Gasteiger partial charge < -0.3 is 11.1 Å². The average molecular weight is 194 g/mol. The summed E-state index contributed by atoms with van der Waals surface area (Å²) in [5.41, 5.74) is 7.16. The van der Waals surface area contributed by atoms with Crippen LogP contribution >= 0.6 is 0 Å². The molecule has 2 heterocycles. The summed E-state index contributed by atoms with van der Waals surface area (Å²) in [5.74, 6) is 0.586. The first-order chi connectivity index (χ1) is 6.66. The van der Waals surface area contributed by atoms with Crippen LogP contribution in [-0.4, -0.2) is 22.4 Å². The molecule has 0 aromatic carbocycles. The molecule has 1 aliphatic rings. The predicted molar refractivity (Wildman–Crippen MR) is 55.7 cm³/mol. The van der Waals surface area contributed by atoms with Crippen LogP contribution in [0.2, 0.25) is 0 Å². The molecule has 1 aromatic heterocycles. The monoisotopic (exact) mass is 194 g/mol. The van der Waals surface area contributed by atoms with Gasteiger partial charge in [0.05, 0.1) is 6.20 Å². The van der Waals surface area contributed by atoms with Crippen molar-refractivity contribution in [1.82, 2.24) is 15.1 Å². The molecule has 1 aromatic rings. The number of hydrogen-bond acceptors (Lipinski definition) is 3. The Morgan fingerprint density at radius 2 is 2.43 bits per heavy atom. The number of piperidine rings is 1. The summed E-state index contributed by atoms with van der Waals surface area (Å²) >= 11 is 0. The van der Waals surface area contributed by atoms with Gasteiger partial charge in [0.15, 0.2) is 0 Å². The molecular weight excluding hydrogens is 176 g/mol. The van der Waals surface area contributed by atoms with E-state index in [2.05, 4.69) is 23.5 Å². The Balaban J connectivity index is 2.11. The van der Waals surface area contributed by atoms with Gasteiger partial charge in [-0.15, -0.1) is 0 Å². The van der Waals surface area contributed by atoms with Crippen molar-refractivity contribution in [2.24, 2.45) is 18.7 Å². The highest BCUT2D eigenvalue weighted by Crippen LogP contribution is 2.27. The molecule has 0 aliphatic carbocycles. The summed E-state index contributed by atoms with van der Waals surface area (Å²) in [4.78, 5) is 0. The molecular formula is C10H18N4. The number of hydrogen-bond donors (Lipinski definition) is 2. The number of rotatable bonds is 1. The lowest BCUT2D eigenvalue weighted by Crippen LogP contribution is -2.45. The zero-order chi connectivity index (χ0) is 10.1. The molecule has 0 amide bonds. The zero-order valence-electron chi connectivity index (χ0n) is 8.77. The van der Waals surface area contributed by atoms with Crippen molar-refractivity contribution in [2.45, 2.75) is 25.4 Å². The minimum Gasteiger partial charge on any atom is -0.327 e. The summed E-state index contributed by atoms with van der Waals surface area (Å²) < 4.78 is 1.85. The quantitative estimate of drug-likeness (QED) is 0.681. The molecule has 1 saturated heterocycles. The Hall–Kier alpha value is -0.870. The molecule has 0 saturated carbocycles. The normalized spacial score (nSPS) is 33.2. The van der Waals surface area contributed by atoms with Crippen molar-refractivity contribution in [1.29, 1.82) is 0 Å². The van der Waals surface area contributed by atoms with Crippen molar-refractivity contribution in [3.05, 3.63) is 18.0 Å². The largest absolute Gasteiger partial charge is 0.327 e. The van der Waals surface area contributed by atoms with Crippen LogP contribution in [0.15, 0.2) is 12.4 Å². The Morgan fingerprint density at radius 3 is 3.00 bits per heavy atom. The molecule has 0 spiro atoms. The van der Waals surface area contributed by atoms with Gasteiger partial charge in [0.1, 0.15) is 0 Å². The van der Waals surface area contributed by atoms with Gasteiger partial charge in [-0.05, 0) is 12.3 Å². The lowest BCUT2D eigenvalue weighted by Gasteiger charge is -2.33. The molecule has 4 heteroatoms. The molecule has 0 bridgehead atoms. The van der Waals surface area contributed by atoms with Gasteiger partial charge in [-0.25, -0.2) is 0 Å². The van der Waals surface area contributed by atoms with Crippen molar-refractivity contribution in [3.8, 4) is 0 Å². The molecule has 3 N–H and O–H groups in total. The van der Waals surface area contributed by atoms with E-state index in [0.29, 0.717) is 18.0 Å². The number of nitrogens with one attached hydrogen (secondary N) is 1. The summed E-state index contributed by atoms with van der Waals surface area (Å²) in [7, 11) is 1.95. The molecule has 4 nitrogen and oxygen atoms in total. The van der Waals surface area contributed by atoms with E-state index in [0.717, 1.165) is 13.0 Å². The van der Waals surface area contributed by atoms with E-state index in [4.69, 9.17) is 5.73 Å². The molecule has 0 radical (unpaired) electrons. The Labute approximate surface area is 84.5 Å². The lowest BCUT2D eigenvalue weighted by molar-refractivity contribution is 0.278. The van der Waals surface area contributed by atoms with Crippen molar-refractivity contribution < 1.29 is 0 Å². The maximum absolute atomic E-state index is 5.89. The topological polar surface area (TPSA) is 55.9 Å². The second-order valence-corrected chi connectivity index (χ2v) is 4.31. The highest BCUT2D eigenvalue weighted by Gasteiger charge is 2.26. The van der Waals surface area contributed by atoms with Gasteiger partial charge in [0.2, 0.25) is 0 Å². The average Bonchev–Trinajstić information content (AvgIpc) is 2.51. The van der Waals surface area contributed by atoms with Gasteiger partial charge in [0, 0.05) is 37.4 Å². The van der Waals surface area contributed by atoms with Gasteiger partial charge >= 0.3 is 0 Å². The summed E-state index contributed by atoms with van der Waals surface area (Å²) in [6.45, 7) is 3.15.